The number of carbonyl (C=O) groups is 1. The maximum atomic E-state index is 11.0. The molecule has 0 radical (unpaired) electrons. The van der Waals surface area contributed by atoms with Gasteiger partial charge >= 0.3 is 0 Å². The van der Waals surface area contributed by atoms with Gasteiger partial charge in [-0.05, 0) is 0 Å². The van der Waals surface area contributed by atoms with Crippen molar-refractivity contribution in [2.24, 2.45) is 0 Å². The number of carbonyl (C=O) groups excluding carboxylic acids is 1. The number of ether oxygens (including phenoxy) is 2. The molecule has 0 aromatic carbocycles. The molecule has 7 heteroatoms. The average Bonchev–Trinajstić information content (AvgIpc) is 2.71. The number of rotatable bonds is 3. The molecule has 2 aliphatic heterocycles. The van der Waals surface area contributed by atoms with Crippen molar-refractivity contribution in [1.29, 1.82) is 0 Å². The zero-order valence-corrected chi connectivity index (χ0v) is 8.99. The minimum atomic E-state index is -0.384. The van der Waals surface area contributed by atoms with Crippen LogP contribution in [0, 0.1) is 5.21 Å². The fourth-order valence-electron chi connectivity index (χ4n) is 1.91. The van der Waals surface area contributed by atoms with Crippen LogP contribution in [0.25, 0.3) is 0 Å². The van der Waals surface area contributed by atoms with Gasteiger partial charge in [0.1, 0.15) is 18.3 Å². The molecule has 0 spiro atoms. The van der Waals surface area contributed by atoms with Gasteiger partial charge in [0.05, 0.1) is 18.5 Å². The van der Waals surface area contributed by atoms with Gasteiger partial charge in [0, 0.05) is 6.92 Å². The van der Waals surface area contributed by atoms with Crippen LogP contribution in [0.5, 0.6) is 0 Å². The van der Waals surface area contributed by atoms with Crippen LogP contribution in [0.2, 0.25) is 0 Å². The molecule has 2 rings (SSSR count). The van der Waals surface area contributed by atoms with Crippen molar-refractivity contribution in [2.75, 3.05) is 13.2 Å². The summed E-state index contributed by atoms with van der Waals surface area (Å²) in [6.07, 6.45) is -0.786. The second kappa shape index (κ2) is 4.77. The summed E-state index contributed by atoms with van der Waals surface area (Å²) in [6, 6.07) is 0. The monoisotopic (exact) mass is 234 g/mol. The van der Waals surface area contributed by atoms with Crippen LogP contribution >= 0.6 is 11.8 Å². The van der Waals surface area contributed by atoms with Crippen LogP contribution in [-0.2, 0) is 19.1 Å². The highest BCUT2D eigenvalue weighted by Crippen LogP contribution is 2.34. The normalized spacial score (nSPS) is 39.3. The third-order valence-corrected chi connectivity index (χ3v) is 3.52. The van der Waals surface area contributed by atoms with Gasteiger partial charge < -0.3 is 19.5 Å². The lowest BCUT2D eigenvalue weighted by molar-refractivity contribution is -0.109. The maximum Gasteiger partial charge on any atom is 0.186 e. The molecule has 15 heavy (non-hydrogen) atoms. The zero-order chi connectivity index (χ0) is 10.8. The van der Waals surface area contributed by atoms with Crippen molar-refractivity contribution >= 4 is 16.9 Å². The Hall–Kier alpha value is -0.180. The molecule has 6 nitrogen and oxygen atoms in total. The molecule has 2 fully saturated rings. The Balaban J connectivity index is 1.93. The standard InChI is InChI=1S/C8H12NO5S/c1-4(10)15-6-3-13-7-5(14-9-11)2-12-8(6)7/h5-9H,2-3H2,1H3/q-1/t5-,6+,7?,8?/m1/s1. The van der Waals surface area contributed by atoms with Crippen LogP contribution in [0.15, 0.2) is 0 Å². The highest BCUT2D eigenvalue weighted by molar-refractivity contribution is 8.14. The van der Waals surface area contributed by atoms with Crippen molar-refractivity contribution in [3.8, 4) is 0 Å². The summed E-state index contributed by atoms with van der Waals surface area (Å²) in [5.41, 5.74) is 1.39. The summed E-state index contributed by atoms with van der Waals surface area (Å²) in [5.74, 6) is 0. The number of nitrogens with one attached hydrogen (secondary N) is 1. The molecule has 0 aromatic heterocycles. The number of fused-ring (bicyclic) bond motifs is 1. The lowest BCUT2D eigenvalue weighted by Gasteiger charge is -2.18. The van der Waals surface area contributed by atoms with Gasteiger partial charge in [-0.2, -0.15) is 0 Å². The summed E-state index contributed by atoms with van der Waals surface area (Å²) >= 11 is 1.22. The Morgan fingerprint density at radius 2 is 2.20 bits per heavy atom. The van der Waals surface area contributed by atoms with Crippen LogP contribution < -0.4 is 5.64 Å². The highest BCUT2D eigenvalue weighted by atomic mass is 32.2. The van der Waals surface area contributed by atoms with Gasteiger partial charge in [0.25, 0.3) is 0 Å². The predicted octanol–water partition coefficient (Wildman–Crippen LogP) is -0.180. The minimum absolute atomic E-state index is 0.00718. The molecule has 2 saturated heterocycles. The molecule has 0 amide bonds. The number of hydrogen-bond acceptors (Lipinski definition) is 7. The van der Waals surface area contributed by atoms with E-state index in [4.69, 9.17) is 14.3 Å². The van der Waals surface area contributed by atoms with E-state index in [0.29, 0.717) is 13.2 Å². The first kappa shape index (κ1) is 11.3. The Morgan fingerprint density at radius 1 is 1.47 bits per heavy atom. The van der Waals surface area contributed by atoms with E-state index >= 15 is 0 Å². The fraction of sp³-hybridized carbons (Fsp3) is 0.875. The van der Waals surface area contributed by atoms with E-state index in [-0.39, 0.29) is 28.7 Å². The molecule has 0 saturated carbocycles. The Bertz CT molecular complexity index is 251. The third-order valence-electron chi connectivity index (χ3n) is 2.48. The van der Waals surface area contributed by atoms with Gasteiger partial charge in [-0.3, -0.25) is 10.4 Å². The van der Waals surface area contributed by atoms with Crippen molar-refractivity contribution in [3.63, 3.8) is 0 Å². The van der Waals surface area contributed by atoms with Crippen LogP contribution in [-0.4, -0.2) is 41.9 Å². The second-order valence-corrected chi connectivity index (χ2v) is 4.90. The molecule has 0 aliphatic carbocycles. The molecular weight excluding hydrogens is 222 g/mol. The van der Waals surface area contributed by atoms with E-state index in [1.807, 2.05) is 0 Å². The first-order valence-corrected chi connectivity index (χ1v) is 5.53. The summed E-state index contributed by atoms with van der Waals surface area (Å²) < 4.78 is 10.9. The van der Waals surface area contributed by atoms with Crippen molar-refractivity contribution in [1.82, 2.24) is 5.64 Å². The van der Waals surface area contributed by atoms with E-state index < -0.39 is 0 Å². The Kier molecular flexibility index (Phi) is 3.60. The first-order valence-electron chi connectivity index (χ1n) is 4.65. The lowest BCUT2D eigenvalue weighted by Crippen LogP contribution is -2.34. The molecule has 1 N–H and O–H groups in total. The van der Waals surface area contributed by atoms with Gasteiger partial charge in [0.2, 0.25) is 0 Å². The first-order chi connectivity index (χ1) is 7.22. The van der Waals surface area contributed by atoms with Crippen molar-refractivity contribution in [3.05, 3.63) is 5.21 Å². The molecule has 2 unspecified atom stereocenters. The van der Waals surface area contributed by atoms with E-state index in [0.717, 1.165) is 0 Å². The Morgan fingerprint density at radius 3 is 2.87 bits per heavy atom. The molecule has 4 atom stereocenters. The quantitative estimate of drug-likeness (QED) is 0.678. The minimum Gasteiger partial charge on any atom is -0.765 e. The van der Waals surface area contributed by atoms with Crippen molar-refractivity contribution in [2.45, 2.75) is 30.5 Å². The summed E-state index contributed by atoms with van der Waals surface area (Å²) in [5, 5.41) is 10.1. The second-order valence-electron chi connectivity index (χ2n) is 3.48. The summed E-state index contributed by atoms with van der Waals surface area (Å²) in [4.78, 5) is 15.7. The lowest BCUT2D eigenvalue weighted by atomic mass is 10.1. The molecule has 0 aromatic rings. The average molecular weight is 234 g/mol. The van der Waals surface area contributed by atoms with E-state index in [2.05, 4.69) is 0 Å². The van der Waals surface area contributed by atoms with Gasteiger partial charge in [0.15, 0.2) is 5.12 Å². The van der Waals surface area contributed by atoms with Gasteiger partial charge in [-0.15, -0.1) is 0 Å². The van der Waals surface area contributed by atoms with Crippen LogP contribution in [0.3, 0.4) is 0 Å². The van der Waals surface area contributed by atoms with Gasteiger partial charge in [-0.1, -0.05) is 11.8 Å². The largest absolute Gasteiger partial charge is 0.765 e. The summed E-state index contributed by atoms with van der Waals surface area (Å²) in [6.45, 7) is 2.29. The van der Waals surface area contributed by atoms with Crippen molar-refractivity contribution < 1.29 is 19.1 Å². The third kappa shape index (κ3) is 2.32. The van der Waals surface area contributed by atoms with Crippen LogP contribution in [0.4, 0.5) is 0 Å². The number of hydrogen-bond donors (Lipinski definition) is 1. The van der Waals surface area contributed by atoms with E-state index in [9.17, 15) is 10.0 Å². The number of thioether (sulfide) groups is 1. The smallest absolute Gasteiger partial charge is 0.186 e. The predicted molar refractivity (Wildman–Crippen MR) is 52.9 cm³/mol. The summed E-state index contributed by atoms with van der Waals surface area (Å²) in [7, 11) is 0. The molecule has 2 aliphatic rings. The zero-order valence-electron chi connectivity index (χ0n) is 8.17. The Labute approximate surface area is 91.2 Å². The molecule has 86 valence electrons. The molecular formula is C8H12NO5S-. The van der Waals surface area contributed by atoms with E-state index in [1.54, 1.807) is 0 Å². The highest BCUT2D eigenvalue weighted by Gasteiger charge is 2.48. The van der Waals surface area contributed by atoms with Gasteiger partial charge in [-0.25, -0.2) is 0 Å². The SMILES string of the molecule is CC(=O)S[C@H]1COC2C1OC[C@H]2ON[O-]. The van der Waals surface area contributed by atoms with E-state index in [1.165, 1.54) is 24.3 Å². The van der Waals surface area contributed by atoms with Crippen LogP contribution in [0.1, 0.15) is 6.92 Å². The fourth-order valence-corrected chi connectivity index (χ4v) is 2.85. The topological polar surface area (TPSA) is 79.9 Å². The molecule has 0 bridgehead atoms. The molecule has 2 heterocycles. The maximum absolute atomic E-state index is 11.0.